The van der Waals surface area contributed by atoms with Gasteiger partial charge in [0.15, 0.2) is 0 Å². The monoisotopic (exact) mass is 288 g/mol. The highest BCUT2D eigenvalue weighted by Gasteiger charge is 2.35. The maximum atomic E-state index is 11.0. The zero-order chi connectivity index (χ0) is 13.3. The second-order valence-electron chi connectivity index (χ2n) is 4.55. The second-order valence-corrected chi connectivity index (χ2v) is 5.37. The van der Waals surface area contributed by atoms with Crippen LogP contribution in [0.4, 0.5) is 0 Å². The minimum atomic E-state index is -0.818. The van der Waals surface area contributed by atoms with Gasteiger partial charge in [-0.05, 0) is 36.3 Å². The molecule has 1 N–H and O–H groups in total. The number of halogens is 2. The number of hydrogen-bond donors (Lipinski definition) is 1. The molecule has 1 atom stereocenters. The summed E-state index contributed by atoms with van der Waals surface area (Å²) >= 11 is 12.3. The minimum absolute atomic E-state index is 0.0773. The van der Waals surface area contributed by atoms with Crippen molar-refractivity contribution in [2.45, 2.75) is 25.2 Å². The Morgan fingerprint density at radius 3 is 2.67 bits per heavy atom. The van der Waals surface area contributed by atoms with E-state index in [1.54, 1.807) is 12.1 Å². The van der Waals surface area contributed by atoms with E-state index in [2.05, 4.69) is 0 Å². The van der Waals surface area contributed by atoms with E-state index < -0.39 is 5.97 Å². The van der Waals surface area contributed by atoms with Gasteiger partial charge in [0.25, 0.3) is 0 Å². The third-order valence-electron chi connectivity index (χ3n) is 3.24. The Bertz CT molecular complexity index is 470. The van der Waals surface area contributed by atoms with Crippen molar-refractivity contribution in [3.8, 4) is 5.75 Å². The van der Waals surface area contributed by atoms with Crippen LogP contribution in [0.25, 0.3) is 0 Å². The summed E-state index contributed by atoms with van der Waals surface area (Å²) in [4.78, 5) is 11.0. The molecule has 1 saturated carbocycles. The third kappa shape index (κ3) is 2.90. The van der Waals surface area contributed by atoms with Crippen molar-refractivity contribution in [2.24, 2.45) is 5.92 Å². The predicted octanol–water partition coefficient (Wildman–Crippen LogP) is 3.97. The number of hydrogen-bond acceptors (Lipinski definition) is 2. The molecule has 18 heavy (non-hydrogen) atoms. The van der Waals surface area contributed by atoms with Crippen LogP contribution in [0.15, 0.2) is 12.1 Å². The van der Waals surface area contributed by atoms with Crippen molar-refractivity contribution in [1.29, 1.82) is 0 Å². The van der Waals surface area contributed by atoms with Crippen LogP contribution >= 0.6 is 23.2 Å². The topological polar surface area (TPSA) is 46.5 Å². The molecule has 0 aliphatic heterocycles. The van der Waals surface area contributed by atoms with Crippen molar-refractivity contribution in [3.63, 3.8) is 0 Å². The van der Waals surface area contributed by atoms with Gasteiger partial charge >= 0.3 is 5.97 Å². The van der Waals surface area contributed by atoms with Crippen molar-refractivity contribution >= 4 is 29.2 Å². The summed E-state index contributed by atoms with van der Waals surface area (Å²) in [6.45, 7) is 0. The summed E-state index contributed by atoms with van der Waals surface area (Å²) in [6, 6.07) is 3.39. The average molecular weight is 289 g/mol. The molecule has 98 valence electrons. The van der Waals surface area contributed by atoms with Crippen molar-refractivity contribution in [3.05, 3.63) is 27.7 Å². The van der Waals surface area contributed by atoms with E-state index in [1.807, 2.05) is 0 Å². The molecule has 0 saturated heterocycles. The molecule has 1 aromatic rings. The molecule has 1 fully saturated rings. The fourth-order valence-electron chi connectivity index (χ4n) is 2.22. The van der Waals surface area contributed by atoms with Gasteiger partial charge in [0, 0.05) is 11.1 Å². The summed E-state index contributed by atoms with van der Waals surface area (Å²) < 4.78 is 5.16. The number of carbonyl (C=O) groups is 1. The van der Waals surface area contributed by atoms with Gasteiger partial charge in [0.2, 0.25) is 0 Å². The van der Waals surface area contributed by atoms with Crippen LogP contribution in [0, 0.1) is 5.92 Å². The zero-order valence-corrected chi connectivity index (χ0v) is 11.5. The van der Waals surface area contributed by atoms with Gasteiger partial charge in [0.1, 0.15) is 5.75 Å². The van der Waals surface area contributed by atoms with Gasteiger partial charge in [-0.25, -0.2) is 0 Å². The van der Waals surface area contributed by atoms with Crippen molar-refractivity contribution in [2.75, 3.05) is 7.11 Å². The van der Waals surface area contributed by atoms with Gasteiger partial charge < -0.3 is 9.84 Å². The SMILES string of the molecule is COc1cc(Cl)cc(C(CC(=O)O)C2CC2)c1Cl. The van der Waals surface area contributed by atoms with E-state index >= 15 is 0 Å². The molecule has 0 radical (unpaired) electrons. The molecule has 1 aliphatic carbocycles. The molecule has 1 aliphatic rings. The van der Waals surface area contributed by atoms with E-state index in [4.69, 9.17) is 33.0 Å². The first-order valence-electron chi connectivity index (χ1n) is 5.77. The van der Waals surface area contributed by atoms with Crippen LogP contribution in [0.5, 0.6) is 5.75 Å². The molecule has 3 nitrogen and oxygen atoms in total. The zero-order valence-electron chi connectivity index (χ0n) is 9.95. The highest BCUT2D eigenvalue weighted by Crippen LogP contribution is 2.48. The standard InChI is InChI=1S/C13H14Cl2O3/c1-18-11-5-8(14)4-10(13(11)15)9(6-12(16)17)7-2-3-7/h4-5,7,9H,2-3,6H2,1H3,(H,16,17). The van der Waals surface area contributed by atoms with Crippen LogP contribution in [0.1, 0.15) is 30.7 Å². The van der Waals surface area contributed by atoms with E-state index in [9.17, 15) is 4.79 Å². The molecule has 2 rings (SSSR count). The number of rotatable bonds is 5. The lowest BCUT2D eigenvalue weighted by Crippen LogP contribution is -2.09. The molecular weight excluding hydrogens is 275 g/mol. The first kappa shape index (κ1) is 13.5. The molecule has 0 spiro atoms. The lowest BCUT2D eigenvalue weighted by Gasteiger charge is -2.18. The summed E-state index contributed by atoms with van der Waals surface area (Å²) in [5.41, 5.74) is 0.783. The van der Waals surface area contributed by atoms with E-state index in [-0.39, 0.29) is 12.3 Å². The molecule has 0 bridgehead atoms. The molecule has 0 amide bonds. The largest absolute Gasteiger partial charge is 0.495 e. The van der Waals surface area contributed by atoms with Crippen LogP contribution in [-0.4, -0.2) is 18.2 Å². The molecule has 0 aromatic heterocycles. The van der Waals surface area contributed by atoms with Crippen LogP contribution < -0.4 is 4.74 Å². The van der Waals surface area contributed by atoms with Gasteiger partial charge in [-0.15, -0.1) is 0 Å². The number of ether oxygens (including phenoxy) is 1. The lowest BCUT2D eigenvalue weighted by molar-refractivity contribution is -0.137. The van der Waals surface area contributed by atoms with Crippen LogP contribution in [0.3, 0.4) is 0 Å². The minimum Gasteiger partial charge on any atom is -0.495 e. The van der Waals surface area contributed by atoms with E-state index in [0.29, 0.717) is 21.7 Å². The average Bonchev–Trinajstić information content (AvgIpc) is 3.12. The maximum absolute atomic E-state index is 11.0. The Labute approximate surface area is 116 Å². The van der Waals surface area contributed by atoms with E-state index in [0.717, 1.165) is 18.4 Å². The highest BCUT2D eigenvalue weighted by molar-refractivity contribution is 6.35. The van der Waals surface area contributed by atoms with Crippen molar-refractivity contribution < 1.29 is 14.6 Å². The number of benzene rings is 1. The quantitative estimate of drug-likeness (QED) is 0.892. The first-order chi connectivity index (χ1) is 8.52. The summed E-state index contributed by atoms with van der Waals surface area (Å²) in [7, 11) is 1.52. The van der Waals surface area contributed by atoms with Crippen LogP contribution in [-0.2, 0) is 4.79 Å². The molecule has 0 heterocycles. The summed E-state index contributed by atoms with van der Waals surface area (Å²) in [6.07, 6.45) is 2.17. The van der Waals surface area contributed by atoms with E-state index in [1.165, 1.54) is 7.11 Å². The van der Waals surface area contributed by atoms with Crippen LogP contribution in [0.2, 0.25) is 10.0 Å². The first-order valence-corrected chi connectivity index (χ1v) is 6.53. The molecular formula is C13H14Cl2O3. The molecule has 5 heteroatoms. The number of carboxylic acids is 1. The smallest absolute Gasteiger partial charge is 0.303 e. The van der Waals surface area contributed by atoms with Gasteiger partial charge in [-0.1, -0.05) is 23.2 Å². The lowest BCUT2D eigenvalue weighted by atomic mass is 9.91. The van der Waals surface area contributed by atoms with Crippen molar-refractivity contribution in [1.82, 2.24) is 0 Å². The Morgan fingerprint density at radius 2 is 2.17 bits per heavy atom. The Balaban J connectivity index is 2.40. The maximum Gasteiger partial charge on any atom is 0.303 e. The van der Waals surface area contributed by atoms with Gasteiger partial charge in [-0.2, -0.15) is 0 Å². The highest BCUT2D eigenvalue weighted by atomic mass is 35.5. The van der Waals surface area contributed by atoms with Gasteiger partial charge in [-0.3, -0.25) is 4.79 Å². The fraction of sp³-hybridized carbons (Fsp3) is 0.462. The summed E-state index contributed by atoms with van der Waals surface area (Å²) in [5, 5.41) is 9.99. The Kier molecular flexibility index (Phi) is 4.03. The molecule has 1 aromatic carbocycles. The molecule has 1 unspecified atom stereocenters. The number of carboxylic acid groups (broad SMARTS) is 1. The predicted molar refractivity (Wildman–Crippen MR) is 70.7 cm³/mol. The second kappa shape index (κ2) is 5.37. The summed E-state index contributed by atoms with van der Waals surface area (Å²) in [5.74, 6) is -0.0125. The Morgan fingerprint density at radius 1 is 1.50 bits per heavy atom. The van der Waals surface area contributed by atoms with Gasteiger partial charge in [0.05, 0.1) is 18.6 Å². The number of aliphatic carboxylic acids is 1. The normalized spacial score (nSPS) is 16.4. The Hall–Kier alpha value is -0.930. The number of methoxy groups -OCH3 is 1. The third-order valence-corrected chi connectivity index (χ3v) is 3.86. The fourth-order valence-corrected chi connectivity index (χ4v) is 2.76.